The fourth-order valence-electron chi connectivity index (χ4n) is 3.57. The zero-order valence-electron chi connectivity index (χ0n) is 16.9. The van der Waals surface area contributed by atoms with Crippen molar-refractivity contribution in [1.82, 2.24) is 10.7 Å². The molecule has 6 nitrogen and oxygen atoms in total. The van der Waals surface area contributed by atoms with Crippen molar-refractivity contribution in [2.45, 2.75) is 19.8 Å². The monoisotopic (exact) mass is 420 g/mol. The summed E-state index contributed by atoms with van der Waals surface area (Å²) in [6.45, 7) is 3.85. The Balaban J connectivity index is 1.30. The molecule has 0 spiro atoms. The Bertz CT molecular complexity index is 1080. The van der Waals surface area contributed by atoms with Crippen LogP contribution in [-0.4, -0.2) is 37.2 Å². The van der Waals surface area contributed by atoms with E-state index in [2.05, 4.69) is 26.8 Å². The van der Waals surface area contributed by atoms with Crippen LogP contribution in [0, 0.1) is 0 Å². The highest BCUT2D eigenvalue weighted by atomic mass is 32.1. The first-order chi connectivity index (χ1) is 14.6. The number of thiophene rings is 1. The molecule has 154 valence electrons. The third-order valence-corrected chi connectivity index (χ3v) is 6.19. The standard InChI is InChI=1S/C23H24N4O2S/c1-16(20-15-30-21-7-3-2-6-19(20)21)25-26-22(28)14-24-23(29)17-8-10-18(11-9-17)27-12-4-5-13-27/h2-3,6-11,15H,4-5,12-14H2,1H3,(H,24,29)(H,26,28). The Morgan fingerprint density at radius 1 is 1.07 bits per heavy atom. The molecular weight excluding hydrogens is 396 g/mol. The molecule has 3 aromatic rings. The van der Waals surface area contributed by atoms with Crippen LogP contribution in [-0.2, 0) is 4.79 Å². The first-order valence-electron chi connectivity index (χ1n) is 10.0. The van der Waals surface area contributed by atoms with Crippen molar-refractivity contribution in [3.05, 3.63) is 65.0 Å². The molecule has 1 saturated heterocycles. The second-order valence-corrected chi connectivity index (χ2v) is 8.21. The summed E-state index contributed by atoms with van der Waals surface area (Å²) >= 11 is 1.64. The van der Waals surface area contributed by atoms with Gasteiger partial charge in [-0.3, -0.25) is 9.59 Å². The number of nitrogens with zero attached hydrogens (tertiary/aromatic N) is 2. The molecular formula is C23H24N4O2S. The van der Waals surface area contributed by atoms with Gasteiger partial charge in [0.2, 0.25) is 0 Å². The molecule has 0 aliphatic carbocycles. The summed E-state index contributed by atoms with van der Waals surface area (Å²) in [5.41, 5.74) is 5.91. The van der Waals surface area contributed by atoms with Gasteiger partial charge >= 0.3 is 0 Å². The van der Waals surface area contributed by atoms with E-state index in [1.54, 1.807) is 23.5 Å². The zero-order chi connectivity index (χ0) is 20.9. The van der Waals surface area contributed by atoms with Crippen LogP contribution in [0.4, 0.5) is 5.69 Å². The highest BCUT2D eigenvalue weighted by molar-refractivity contribution is 7.17. The van der Waals surface area contributed by atoms with Gasteiger partial charge in [-0.05, 0) is 50.1 Å². The van der Waals surface area contributed by atoms with Crippen LogP contribution in [0.5, 0.6) is 0 Å². The summed E-state index contributed by atoms with van der Waals surface area (Å²) in [7, 11) is 0. The number of carbonyl (C=O) groups is 2. The molecule has 2 aromatic carbocycles. The molecule has 1 aliphatic heterocycles. The molecule has 0 radical (unpaired) electrons. The number of hydrogen-bond acceptors (Lipinski definition) is 5. The lowest BCUT2D eigenvalue weighted by Gasteiger charge is -2.17. The van der Waals surface area contributed by atoms with Crippen LogP contribution in [0.3, 0.4) is 0 Å². The maximum atomic E-state index is 12.3. The van der Waals surface area contributed by atoms with Gasteiger partial charge in [0.15, 0.2) is 0 Å². The predicted molar refractivity (Wildman–Crippen MR) is 122 cm³/mol. The predicted octanol–water partition coefficient (Wildman–Crippen LogP) is 3.77. The molecule has 1 fully saturated rings. The number of hydrazone groups is 1. The smallest absolute Gasteiger partial charge is 0.259 e. The lowest BCUT2D eigenvalue weighted by atomic mass is 10.1. The van der Waals surface area contributed by atoms with Crippen LogP contribution in [0.2, 0.25) is 0 Å². The fourth-order valence-corrected chi connectivity index (χ4v) is 4.57. The lowest BCUT2D eigenvalue weighted by Crippen LogP contribution is -2.35. The first-order valence-corrected chi connectivity index (χ1v) is 10.9. The molecule has 1 aromatic heterocycles. The average molecular weight is 421 g/mol. The Kier molecular flexibility index (Phi) is 6.09. The van der Waals surface area contributed by atoms with Gasteiger partial charge in [-0.15, -0.1) is 11.3 Å². The number of anilines is 1. The van der Waals surface area contributed by atoms with Gasteiger partial charge in [0.25, 0.3) is 11.8 Å². The zero-order valence-corrected chi connectivity index (χ0v) is 17.7. The topological polar surface area (TPSA) is 73.8 Å². The van der Waals surface area contributed by atoms with E-state index in [9.17, 15) is 9.59 Å². The molecule has 2 amide bonds. The van der Waals surface area contributed by atoms with Crippen molar-refractivity contribution in [1.29, 1.82) is 0 Å². The Hall–Kier alpha value is -3.19. The molecule has 7 heteroatoms. The highest BCUT2D eigenvalue weighted by Crippen LogP contribution is 2.26. The van der Waals surface area contributed by atoms with Crippen molar-refractivity contribution in [2.75, 3.05) is 24.5 Å². The van der Waals surface area contributed by atoms with Gasteiger partial charge < -0.3 is 10.2 Å². The minimum absolute atomic E-state index is 0.131. The summed E-state index contributed by atoms with van der Waals surface area (Å²) in [6.07, 6.45) is 2.42. The lowest BCUT2D eigenvalue weighted by molar-refractivity contribution is -0.120. The number of benzene rings is 2. The molecule has 30 heavy (non-hydrogen) atoms. The number of nitrogens with one attached hydrogen (secondary N) is 2. The molecule has 0 unspecified atom stereocenters. The van der Waals surface area contributed by atoms with E-state index in [4.69, 9.17) is 0 Å². The van der Waals surface area contributed by atoms with E-state index in [0.717, 1.165) is 35.4 Å². The summed E-state index contributed by atoms with van der Waals surface area (Å²) in [4.78, 5) is 26.7. The second-order valence-electron chi connectivity index (χ2n) is 7.30. The van der Waals surface area contributed by atoms with E-state index >= 15 is 0 Å². The van der Waals surface area contributed by atoms with Crippen molar-refractivity contribution < 1.29 is 9.59 Å². The first kappa shape index (κ1) is 20.1. The number of hydrogen-bond donors (Lipinski definition) is 2. The van der Waals surface area contributed by atoms with Gasteiger partial charge in [-0.2, -0.15) is 5.10 Å². The third-order valence-electron chi connectivity index (χ3n) is 5.23. The van der Waals surface area contributed by atoms with Crippen LogP contribution in [0.1, 0.15) is 35.7 Å². The van der Waals surface area contributed by atoms with E-state index in [-0.39, 0.29) is 18.4 Å². The van der Waals surface area contributed by atoms with Crippen molar-refractivity contribution in [3.8, 4) is 0 Å². The van der Waals surface area contributed by atoms with Gasteiger partial charge in [-0.1, -0.05) is 18.2 Å². The number of carbonyl (C=O) groups excluding carboxylic acids is 2. The fraction of sp³-hybridized carbons (Fsp3) is 0.261. The maximum Gasteiger partial charge on any atom is 0.259 e. The molecule has 0 atom stereocenters. The molecule has 4 rings (SSSR count). The molecule has 0 saturated carbocycles. The van der Waals surface area contributed by atoms with E-state index in [1.165, 1.54) is 17.5 Å². The minimum Gasteiger partial charge on any atom is -0.372 e. The van der Waals surface area contributed by atoms with Crippen molar-refractivity contribution in [2.24, 2.45) is 5.10 Å². The van der Waals surface area contributed by atoms with E-state index < -0.39 is 0 Å². The summed E-state index contributed by atoms with van der Waals surface area (Å²) in [5, 5.41) is 9.98. The molecule has 2 heterocycles. The van der Waals surface area contributed by atoms with Crippen LogP contribution in [0.25, 0.3) is 10.1 Å². The molecule has 1 aliphatic rings. The SMILES string of the molecule is CC(=NNC(=O)CNC(=O)c1ccc(N2CCCC2)cc1)c1csc2ccccc12. The van der Waals surface area contributed by atoms with Crippen LogP contribution >= 0.6 is 11.3 Å². The van der Waals surface area contributed by atoms with Crippen molar-refractivity contribution in [3.63, 3.8) is 0 Å². The molecule has 2 N–H and O–H groups in total. The van der Waals surface area contributed by atoms with E-state index in [1.807, 2.05) is 42.6 Å². The number of rotatable bonds is 6. The number of fused-ring (bicyclic) bond motifs is 1. The van der Waals surface area contributed by atoms with Gasteiger partial charge in [0.1, 0.15) is 0 Å². The third kappa shape index (κ3) is 4.52. The Labute approximate surface area is 179 Å². The number of amides is 2. The normalized spacial score (nSPS) is 14.2. The second kappa shape index (κ2) is 9.09. The van der Waals surface area contributed by atoms with Gasteiger partial charge in [0, 0.05) is 45.4 Å². The average Bonchev–Trinajstić information content (AvgIpc) is 3.46. The van der Waals surface area contributed by atoms with Gasteiger partial charge in [-0.25, -0.2) is 5.43 Å². The maximum absolute atomic E-state index is 12.3. The minimum atomic E-state index is -0.365. The van der Waals surface area contributed by atoms with Crippen molar-refractivity contribution >= 4 is 44.6 Å². The summed E-state index contributed by atoms with van der Waals surface area (Å²) in [5.74, 6) is -0.640. The largest absolute Gasteiger partial charge is 0.372 e. The quantitative estimate of drug-likeness (QED) is 0.471. The van der Waals surface area contributed by atoms with E-state index in [0.29, 0.717) is 5.56 Å². The highest BCUT2D eigenvalue weighted by Gasteiger charge is 2.13. The summed E-state index contributed by atoms with van der Waals surface area (Å²) in [6, 6.07) is 15.6. The van der Waals surface area contributed by atoms with Crippen LogP contribution < -0.4 is 15.6 Å². The Morgan fingerprint density at radius 2 is 1.80 bits per heavy atom. The summed E-state index contributed by atoms with van der Waals surface area (Å²) < 4.78 is 1.18. The van der Waals surface area contributed by atoms with Gasteiger partial charge in [0.05, 0.1) is 12.3 Å². The van der Waals surface area contributed by atoms with Crippen LogP contribution in [0.15, 0.2) is 59.0 Å². The Morgan fingerprint density at radius 3 is 2.57 bits per heavy atom. The molecule has 0 bridgehead atoms.